The van der Waals surface area contributed by atoms with Gasteiger partial charge in [0.2, 0.25) is 0 Å². The van der Waals surface area contributed by atoms with Crippen LogP contribution in [0.5, 0.6) is 0 Å². The first-order valence-corrected chi connectivity index (χ1v) is 13.6. The molecule has 0 heterocycles. The maximum atomic E-state index is 7.10. The number of nitriles is 2. The van der Waals surface area contributed by atoms with Gasteiger partial charge in [-0.1, -0.05) is 72.6 Å². The average molecular weight is 400 g/mol. The van der Waals surface area contributed by atoms with Crippen molar-refractivity contribution in [1.82, 2.24) is 0 Å². The summed E-state index contributed by atoms with van der Waals surface area (Å²) in [5.41, 5.74) is 8.31. The van der Waals surface area contributed by atoms with E-state index in [0.717, 1.165) is 0 Å². The smallest absolute Gasteiger partial charge is 0.173 e. The first kappa shape index (κ1) is 30.7. The monoisotopic (exact) mass is 399 g/mol. The summed E-state index contributed by atoms with van der Waals surface area (Å²) >= 11 is 0. The Morgan fingerprint density at radius 1 is 0.519 bits per heavy atom. The van der Waals surface area contributed by atoms with Crippen molar-refractivity contribution in [3.63, 3.8) is 0 Å². The van der Waals surface area contributed by atoms with Crippen molar-refractivity contribution in [1.29, 1.82) is 10.5 Å². The number of unbranched alkanes of at least 4 members (excludes halogenated alkanes) is 8. The maximum absolute atomic E-state index is 7.10. The van der Waals surface area contributed by atoms with Gasteiger partial charge in [-0.15, -0.1) is 0 Å². The van der Waals surface area contributed by atoms with Gasteiger partial charge in [0.05, 0.1) is 24.6 Å². The van der Waals surface area contributed by atoms with Gasteiger partial charge in [0, 0.05) is 7.26 Å². The van der Waals surface area contributed by atoms with Crippen LogP contribution in [0.3, 0.4) is 0 Å². The zero-order valence-corrected chi connectivity index (χ0v) is 19.7. The van der Waals surface area contributed by atoms with Crippen molar-refractivity contribution in [3.8, 4) is 12.4 Å². The molecule has 0 aromatic heterocycles. The molecule has 0 amide bonds. The summed E-state index contributed by atoms with van der Waals surface area (Å²) in [6.45, 7) is 9.44. The molecule has 0 bridgehead atoms. The van der Waals surface area contributed by atoms with E-state index in [9.17, 15) is 0 Å². The van der Waals surface area contributed by atoms with E-state index in [-0.39, 0.29) is 0 Å². The molecule has 0 aliphatic carbocycles. The van der Waals surface area contributed by atoms with E-state index < -0.39 is 7.26 Å². The third-order valence-electron chi connectivity index (χ3n) is 4.94. The summed E-state index contributed by atoms with van der Waals surface area (Å²) in [7, 11) is -0.601. The van der Waals surface area contributed by atoms with Gasteiger partial charge in [-0.05, 0) is 32.1 Å². The first-order valence-electron chi connectivity index (χ1n) is 11.1. The molecule has 0 saturated heterocycles. The molecule has 0 radical (unpaired) electrons. The van der Waals surface area contributed by atoms with Crippen LogP contribution in [-0.4, -0.2) is 24.6 Å². The molecule has 0 aliphatic rings. The van der Waals surface area contributed by atoms with E-state index in [1.807, 2.05) is 0 Å². The summed E-state index contributed by atoms with van der Waals surface area (Å²) in [6, 6.07) is 0. The Bertz CT molecular complexity index is 313. The van der Waals surface area contributed by atoms with Gasteiger partial charge < -0.3 is 11.5 Å². The van der Waals surface area contributed by atoms with Crippen molar-refractivity contribution >= 4 is 7.26 Å². The molecule has 0 aromatic carbocycles. The van der Waals surface area contributed by atoms with E-state index in [2.05, 4.69) is 39.2 Å². The minimum atomic E-state index is -0.601. The van der Waals surface area contributed by atoms with Gasteiger partial charge in [-0.3, -0.25) is 0 Å². The molecule has 5 heteroatoms. The van der Waals surface area contributed by atoms with Crippen LogP contribution in [0.4, 0.5) is 0 Å². The van der Waals surface area contributed by atoms with E-state index in [1.165, 1.54) is 89.4 Å². The molecule has 0 saturated carbocycles. The highest BCUT2D eigenvalue weighted by Gasteiger charge is 2.34. The number of nitrogens with two attached hydrogens (primary N) is 2. The summed E-state index contributed by atoms with van der Waals surface area (Å²) in [4.78, 5) is 0. The normalized spacial score (nSPS) is 9.85. The van der Waals surface area contributed by atoms with Crippen LogP contribution in [0.25, 0.3) is 0 Å². The van der Waals surface area contributed by atoms with Crippen LogP contribution in [0, 0.1) is 22.9 Å². The largest absolute Gasteiger partial charge is 0.337 e. The minimum Gasteiger partial charge on any atom is -0.337 e. The molecule has 27 heavy (non-hydrogen) atoms. The van der Waals surface area contributed by atoms with E-state index in [1.54, 1.807) is 24.6 Å². The van der Waals surface area contributed by atoms with Crippen LogP contribution in [0.15, 0.2) is 0 Å². The molecule has 160 valence electrons. The molecule has 0 spiro atoms. The zero-order chi connectivity index (χ0) is 21.2. The van der Waals surface area contributed by atoms with Crippen molar-refractivity contribution in [2.45, 2.75) is 105 Å². The van der Waals surface area contributed by atoms with Gasteiger partial charge in [-0.2, -0.15) is 10.5 Å². The van der Waals surface area contributed by atoms with E-state index in [4.69, 9.17) is 10.5 Å². The molecular weight excluding hydrogens is 351 g/mol. The lowest BCUT2D eigenvalue weighted by Crippen LogP contribution is -2.13. The molecular formula is C22H48N4P+. The standard InChI is InChI=1S/C20H44P.2CH2N2/c1-5-9-13-14-15-16-20-21(17-10-6-2,18-11-7-3)19-12-8-4;2*2-1-3/h5-20H2,1-4H3;2*2H2/q+1;;. The second-order valence-electron chi connectivity index (χ2n) is 7.32. The predicted octanol–water partition coefficient (Wildman–Crippen LogP) is 6.62. The lowest BCUT2D eigenvalue weighted by Gasteiger charge is -2.28. The fourth-order valence-corrected chi connectivity index (χ4v) is 8.58. The molecule has 4 nitrogen and oxygen atoms in total. The Hall–Kier alpha value is -0.990. The van der Waals surface area contributed by atoms with Crippen molar-refractivity contribution < 1.29 is 0 Å². The van der Waals surface area contributed by atoms with Crippen molar-refractivity contribution in [2.24, 2.45) is 11.5 Å². The molecule has 0 fully saturated rings. The summed E-state index contributed by atoms with van der Waals surface area (Å²) in [5, 5.41) is 14.2. The fourth-order valence-electron chi connectivity index (χ4n) is 3.38. The van der Waals surface area contributed by atoms with Gasteiger partial charge >= 0.3 is 0 Å². The van der Waals surface area contributed by atoms with Gasteiger partial charge in [-0.25, -0.2) is 0 Å². The third kappa shape index (κ3) is 25.0. The molecule has 0 aliphatic heterocycles. The Kier molecular flexibility index (Phi) is 31.0. The number of hydrogen-bond acceptors (Lipinski definition) is 4. The molecule has 0 rings (SSSR count). The topological polar surface area (TPSA) is 99.6 Å². The highest BCUT2D eigenvalue weighted by atomic mass is 31.2. The quantitative estimate of drug-likeness (QED) is 0.132. The second-order valence-corrected chi connectivity index (χ2v) is 11.8. The van der Waals surface area contributed by atoms with E-state index in [0.29, 0.717) is 0 Å². The maximum Gasteiger partial charge on any atom is 0.173 e. The van der Waals surface area contributed by atoms with Crippen LogP contribution >= 0.6 is 7.26 Å². The average Bonchev–Trinajstić information content (AvgIpc) is 2.66. The van der Waals surface area contributed by atoms with Gasteiger partial charge in [0.1, 0.15) is 0 Å². The number of hydrogen-bond donors (Lipinski definition) is 2. The van der Waals surface area contributed by atoms with Crippen molar-refractivity contribution in [3.05, 3.63) is 0 Å². The van der Waals surface area contributed by atoms with Crippen LogP contribution in [0.2, 0.25) is 0 Å². The molecule has 4 N–H and O–H groups in total. The lowest BCUT2D eigenvalue weighted by atomic mass is 10.1. The van der Waals surface area contributed by atoms with E-state index >= 15 is 0 Å². The Morgan fingerprint density at radius 3 is 1.11 bits per heavy atom. The lowest BCUT2D eigenvalue weighted by molar-refractivity contribution is 0.624. The van der Waals surface area contributed by atoms with Gasteiger partial charge in [0.15, 0.2) is 12.4 Å². The minimum absolute atomic E-state index is 0.601. The Balaban J connectivity index is -0.000000840. The Morgan fingerprint density at radius 2 is 0.778 bits per heavy atom. The highest BCUT2D eigenvalue weighted by Crippen LogP contribution is 2.61. The second kappa shape index (κ2) is 27.2. The summed E-state index contributed by atoms with van der Waals surface area (Å²) < 4.78 is 0. The molecule has 0 aromatic rings. The summed E-state index contributed by atoms with van der Waals surface area (Å²) in [6.07, 6.45) is 26.5. The number of nitrogens with zero attached hydrogens (tertiary/aromatic N) is 2. The molecule has 0 atom stereocenters. The van der Waals surface area contributed by atoms with Crippen LogP contribution in [0.1, 0.15) is 105 Å². The summed E-state index contributed by atoms with van der Waals surface area (Å²) in [5.74, 6) is 0. The third-order valence-corrected chi connectivity index (χ3v) is 10.0. The molecule has 0 unspecified atom stereocenters. The fraction of sp³-hybridized carbons (Fsp3) is 0.909. The van der Waals surface area contributed by atoms with Crippen LogP contribution < -0.4 is 11.5 Å². The SMILES string of the molecule is CCCCCCCC[P+](CCCC)(CCCC)CCCC.N#CN.N#CN. The predicted molar refractivity (Wildman–Crippen MR) is 124 cm³/mol. The van der Waals surface area contributed by atoms with Gasteiger partial charge in [0.25, 0.3) is 0 Å². The van der Waals surface area contributed by atoms with Crippen molar-refractivity contribution in [2.75, 3.05) is 24.6 Å². The highest BCUT2D eigenvalue weighted by molar-refractivity contribution is 7.75. The zero-order valence-electron chi connectivity index (χ0n) is 18.8. The number of rotatable bonds is 16. The Labute approximate surface area is 171 Å². The first-order chi connectivity index (χ1) is 13.1. The van der Waals surface area contributed by atoms with Crippen LogP contribution in [-0.2, 0) is 0 Å².